The summed E-state index contributed by atoms with van der Waals surface area (Å²) in [5.41, 5.74) is 7.78. The molecule has 3 aromatic heterocycles. The molecule has 266 valence electrons. The first kappa shape index (κ1) is 31.7. The normalized spacial score (nSPS) is 12.9. The Morgan fingerprint density at radius 3 is 1.82 bits per heavy atom. The van der Waals surface area contributed by atoms with Gasteiger partial charge in [-0.05, 0) is 63.5 Å². The summed E-state index contributed by atoms with van der Waals surface area (Å²) in [4.78, 5) is 15.4. The minimum Gasteiger partial charge on any atom is -0.307 e. The Labute approximate surface area is 327 Å². The molecule has 0 aliphatic carbocycles. The van der Waals surface area contributed by atoms with Crippen molar-refractivity contribution in [1.29, 1.82) is 0 Å². The highest BCUT2D eigenvalue weighted by Gasteiger charge is 2.22. The number of benzene rings is 9. The van der Waals surface area contributed by atoms with Crippen LogP contribution in [0, 0.1) is 0 Å². The first-order valence-electron chi connectivity index (χ1n) is 19.3. The zero-order valence-electron chi connectivity index (χ0n) is 30.9. The van der Waals surface area contributed by atoms with Gasteiger partial charge in [0.15, 0.2) is 5.84 Å². The Bertz CT molecular complexity index is 3680. The fourth-order valence-corrected chi connectivity index (χ4v) is 9.36. The molecule has 0 fully saturated rings. The van der Waals surface area contributed by atoms with E-state index in [4.69, 9.17) is 15.0 Å². The minimum absolute atomic E-state index is 0.456. The molecular weight excluding hydrogens is 695 g/mol. The molecule has 57 heavy (non-hydrogen) atoms. The third-order valence-electron chi connectivity index (χ3n) is 11.8. The van der Waals surface area contributed by atoms with Crippen molar-refractivity contribution in [1.82, 2.24) is 8.97 Å². The summed E-state index contributed by atoms with van der Waals surface area (Å²) in [6.45, 7) is 4.59. The van der Waals surface area contributed by atoms with Gasteiger partial charge in [-0.25, -0.2) is 4.99 Å². The van der Waals surface area contributed by atoms with E-state index < -0.39 is 0 Å². The van der Waals surface area contributed by atoms with Crippen molar-refractivity contribution in [3.05, 3.63) is 187 Å². The predicted octanol–water partition coefficient (Wildman–Crippen LogP) is 13.0. The lowest BCUT2D eigenvalue weighted by atomic mass is 10.0. The van der Waals surface area contributed by atoms with Crippen LogP contribution in [0.3, 0.4) is 0 Å². The van der Waals surface area contributed by atoms with E-state index in [1.54, 1.807) is 0 Å². The predicted molar refractivity (Wildman–Crippen MR) is 242 cm³/mol. The first-order chi connectivity index (χ1) is 28.2. The van der Waals surface area contributed by atoms with E-state index >= 15 is 0 Å². The van der Waals surface area contributed by atoms with Crippen LogP contribution in [-0.4, -0.2) is 27.5 Å². The fourth-order valence-electron chi connectivity index (χ4n) is 9.36. The third kappa shape index (κ3) is 4.60. The second-order valence-corrected chi connectivity index (χ2v) is 14.8. The molecule has 0 radical (unpaired) electrons. The number of para-hydroxylation sites is 3. The highest BCUT2D eigenvalue weighted by Crippen LogP contribution is 2.43. The van der Waals surface area contributed by atoms with Gasteiger partial charge in [0.05, 0.1) is 34.1 Å². The van der Waals surface area contributed by atoms with Crippen LogP contribution in [0.15, 0.2) is 191 Å². The van der Waals surface area contributed by atoms with Gasteiger partial charge in [-0.2, -0.15) is 4.99 Å². The van der Waals surface area contributed by atoms with Crippen LogP contribution in [0.2, 0.25) is 0 Å². The van der Waals surface area contributed by atoms with E-state index in [0.717, 1.165) is 43.7 Å². The largest absolute Gasteiger partial charge is 0.307 e. The molecule has 0 unspecified atom stereocenters. The van der Waals surface area contributed by atoms with E-state index in [-0.39, 0.29) is 0 Å². The summed E-state index contributed by atoms with van der Waals surface area (Å²) < 4.78 is 4.64. The number of amidine groups is 1. The molecule has 0 atom stereocenters. The van der Waals surface area contributed by atoms with Crippen molar-refractivity contribution in [3.8, 4) is 0 Å². The smallest absolute Gasteiger partial charge is 0.236 e. The van der Waals surface area contributed by atoms with Gasteiger partial charge in [0.25, 0.3) is 0 Å². The fraction of sp³-hybridized carbons (Fsp3) is 0.0192. The molecule has 3 heterocycles. The Kier molecular flexibility index (Phi) is 6.78. The van der Waals surface area contributed by atoms with Crippen molar-refractivity contribution < 1.29 is 0 Å². The Hall–Kier alpha value is -7.63. The Morgan fingerprint density at radius 1 is 0.439 bits per heavy atom. The summed E-state index contributed by atoms with van der Waals surface area (Å²) in [5, 5.41) is 14.2. The SMILES string of the molecule is C=NC(=NC(=NCc1cccc2ccccc12)c1cccc2ccccc12)n1c2ccccc2c2cc3ccc4c5cccc6c7ccccc7n(c4c3cc21)c65. The van der Waals surface area contributed by atoms with Gasteiger partial charge in [-0.1, -0.05) is 152 Å². The lowest BCUT2D eigenvalue weighted by molar-refractivity contribution is 1.07. The molecule has 0 saturated heterocycles. The van der Waals surface area contributed by atoms with E-state index in [1.807, 2.05) is 0 Å². The zero-order valence-corrected chi connectivity index (χ0v) is 30.9. The average Bonchev–Trinajstić information content (AvgIpc) is 3.91. The number of fused-ring (bicyclic) bond motifs is 13. The van der Waals surface area contributed by atoms with Crippen LogP contribution < -0.4 is 0 Å². The maximum atomic E-state index is 5.40. The number of aromatic nitrogens is 2. The highest BCUT2D eigenvalue weighted by molar-refractivity contribution is 6.29. The topological polar surface area (TPSA) is 46.4 Å². The summed E-state index contributed by atoms with van der Waals surface area (Å²) >= 11 is 0. The monoisotopic (exact) mass is 727 g/mol. The second kappa shape index (κ2) is 12.2. The molecule has 12 aromatic rings. The molecule has 0 amide bonds. The Morgan fingerprint density at radius 2 is 1.02 bits per heavy atom. The zero-order chi connectivity index (χ0) is 37.6. The number of rotatable bonds is 3. The number of hydrogen-bond acceptors (Lipinski definition) is 1. The van der Waals surface area contributed by atoms with Gasteiger partial charge < -0.3 is 4.40 Å². The molecule has 0 aliphatic heterocycles. The Balaban J connectivity index is 1.15. The summed E-state index contributed by atoms with van der Waals surface area (Å²) in [6, 6.07) is 62.8. The van der Waals surface area contributed by atoms with E-state index in [1.165, 1.54) is 59.6 Å². The van der Waals surface area contributed by atoms with Crippen molar-refractivity contribution in [2.75, 3.05) is 0 Å². The van der Waals surface area contributed by atoms with Gasteiger partial charge in [0.2, 0.25) is 5.96 Å². The second-order valence-electron chi connectivity index (χ2n) is 14.8. The molecule has 12 rings (SSSR count). The van der Waals surface area contributed by atoms with Crippen molar-refractivity contribution in [3.63, 3.8) is 0 Å². The van der Waals surface area contributed by atoms with Crippen molar-refractivity contribution in [2.45, 2.75) is 6.54 Å². The highest BCUT2D eigenvalue weighted by atomic mass is 15.2. The molecule has 0 aliphatic rings. The van der Waals surface area contributed by atoms with Crippen molar-refractivity contribution >= 4 is 111 Å². The third-order valence-corrected chi connectivity index (χ3v) is 11.8. The van der Waals surface area contributed by atoms with Gasteiger partial charge in [0, 0.05) is 43.3 Å². The van der Waals surface area contributed by atoms with Gasteiger partial charge >= 0.3 is 0 Å². The molecule has 0 bridgehead atoms. The van der Waals surface area contributed by atoms with Crippen molar-refractivity contribution in [2.24, 2.45) is 15.0 Å². The molecule has 5 heteroatoms. The van der Waals surface area contributed by atoms with Crippen LogP contribution in [0.4, 0.5) is 0 Å². The molecule has 5 nitrogen and oxygen atoms in total. The maximum Gasteiger partial charge on any atom is 0.236 e. The number of hydrogen-bond donors (Lipinski definition) is 0. The summed E-state index contributed by atoms with van der Waals surface area (Å²) in [7, 11) is 0. The molecule has 9 aromatic carbocycles. The minimum atomic E-state index is 0.456. The van der Waals surface area contributed by atoms with Crippen LogP contribution in [0.25, 0.3) is 92.2 Å². The van der Waals surface area contributed by atoms with Gasteiger partial charge in [-0.15, -0.1) is 0 Å². The van der Waals surface area contributed by atoms with E-state index in [0.29, 0.717) is 18.3 Å². The summed E-state index contributed by atoms with van der Waals surface area (Å²) in [5.74, 6) is 1.07. The van der Waals surface area contributed by atoms with Crippen LogP contribution >= 0.6 is 0 Å². The molecule has 0 spiro atoms. The van der Waals surface area contributed by atoms with E-state index in [9.17, 15) is 0 Å². The van der Waals surface area contributed by atoms with Crippen LogP contribution in [-0.2, 0) is 6.54 Å². The van der Waals surface area contributed by atoms with Gasteiger partial charge in [0.1, 0.15) is 0 Å². The molecular formula is C52H33N5. The van der Waals surface area contributed by atoms with E-state index in [2.05, 4.69) is 192 Å². The lowest BCUT2D eigenvalue weighted by Gasteiger charge is -2.12. The first-order valence-corrected chi connectivity index (χ1v) is 19.3. The van der Waals surface area contributed by atoms with Crippen LogP contribution in [0.1, 0.15) is 11.1 Å². The lowest BCUT2D eigenvalue weighted by Crippen LogP contribution is -2.13. The molecule has 0 saturated carbocycles. The standard InChI is InChI=1S/C52H33N5/c1-53-52(55-51(43-24-11-16-33-14-3-5-19-37(33)43)54-31-35-17-10-15-32-13-2-4-18-36(32)35)56-46-25-8-7-21-39(46)45-29-34-27-28-42-41-23-12-22-40-38-20-6-9-26-47(38)57(49(40)41)50(42)44(34)30-48(45)56/h2-30H,1,31H2. The number of aliphatic imine (C=N–C) groups is 3. The maximum absolute atomic E-state index is 5.40. The average molecular weight is 728 g/mol. The van der Waals surface area contributed by atoms with Gasteiger partial charge in [-0.3, -0.25) is 9.56 Å². The molecule has 0 N–H and O–H groups in total. The van der Waals surface area contributed by atoms with Crippen LogP contribution in [0.5, 0.6) is 0 Å². The summed E-state index contributed by atoms with van der Waals surface area (Å²) in [6.07, 6.45) is 0. The quantitative estimate of drug-likeness (QED) is 0.129. The number of nitrogens with zero attached hydrogens (tertiary/aromatic N) is 5.